The zero-order chi connectivity index (χ0) is 15.6. The highest BCUT2D eigenvalue weighted by molar-refractivity contribution is 6.67. The molecule has 0 aromatic carbocycles. The molecule has 0 rings (SSSR count). The van der Waals surface area contributed by atoms with Crippen molar-refractivity contribution in [1.82, 2.24) is 4.57 Å². The Balaban J connectivity index is 5.33. The Kier molecular flexibility index (Phi) is 9.98. The van der Waals surface area contributed by atoms with Crippen LogP contribution >= 0.6 is 0 Å². The zero-order valence-electron chi connectivity index (χ0n) is 14.9. The SMILES string of the molecule is CCCCN(CCCC)[Si](OCC)(OCC)C(C)(C)C. The van der Waals surface area contributed by atoms with Gasteiger partial charge in [-0.1, -0.05) is 47.5 Å². The molecule has 0 amide bonds. The maximum absolute atomic E-state index is 6.33. The highest BCUT2D eigenvalue weighted by Gasteiger charge is 2.54. The maximum Gasteiger partial charge on any atom is 0.433 e. The first kappa shape index (κ1) is 20.1. The van der Waals surface area contributed by atoms with Crippen molar-refractivity contribution < 1.29 is 8.85 Å². The van der Waals surface area contributed by atoms with E-state index < -0.39 is 8.72 Å². The summed E-state index contributed by atoms with van der Waals surface area (Å²) in [6.45, 7) is 19.2. The minimum absolute atomic E-state index is 0.0561. The van der Waals surface area contributed by atoms with Crippen LogP contribution < -0.4 is 0 Å². The van der Waals surface area contributed by atoms with Gasteiger partial charge in [-0.2, -0.15) is 0 Å². The number of unbranched alkanes of at least 4 members (excludes halogenated alkanes) is 2. The number of nitrogens with zero attached hydrogens (tertiary/aromatic N) is 1. The summed E-state index contributed by atoms with van der Waals surface area (Å²) in [5.41, 5.74) is 0. The van der Waals surface area contributed by atoms with Gasteiger partial charge in [0.2, 0.25) is 0 Å². The smallest absolute Gasteiger partial charge is 0.383 e. The van der Waals surface area contributed by atoms with Gasteiger partial charge in [0.15, 0.2) is 0 Å². The largest absolute Gasteiger partial charge is 0.433 e. The van der Waals surface area contributed by atoms with E-state index in [4.69, 9.17) is 8.85 Å². The van der Waals surface area contributed by atoms with Crippen molar-refractivity contribution >= 4 is 8.72 Å². The average molecular weight is 304 g/mol. The summed E-state index contributed by atoms with van der Waals surface area (Å²) in [6, 6.07) is 0. The second-order valence-corrected chi connectivity index (χ2v) is 10.3. The van der Waals surface area contributed by atoms with E-state index in [2.05, 4.69) is 53.0 Å². The molecule has 0 aliphatic heterocycles. The molecule has 3 nitrogen and oxygen atoms in total. The van der Waals surface area contributed by atoms with E-state index in [0.717, 1.165) is 26.3 Å². The van der Waals surface area contributed by atoms with Crippen LogP contribution in [0.3, 0.4) is 0 Å². The Morgan fingerprint density at radius 3 is 1.45 bits per heavy atom. The quantitative estimate of drug-likeness (QED) is 0.516. The molecule has 0 aromatic heterocycles. The third-order valence-corrected chi connectivity index (χ3v) is 8.14. The minimum Gasteiger partial charge on any atom is -0.383 e. The molecule has 0 saturated carbocycles. The van der Waals surface area contributed by atoms with Gasteiger partial charge in [0.05, 0.1) is 0 Å². The van der Waals surface area contributed by atoms with E-state index in [-0.39, 0.29) is 5.04 Å². The van der Waals surface area contributed by atoms with E-state index >= 15 is 0 Å². The van der Waals surface area contributed by atoms with Gasteiger partial charge in [-0.3, -0.25) is 4.57 Å². The van der Waals surface area contributed by atoms with Gasteiger partial charge in [-0.05, 0) is 39.8 Å². The highest BCUT2D eigenvalue weighted by atomic mass is 28.4. The molecule has 122 valence electrons. The summed E-state index contributed by atoms with van der Waals surface area (Å²) >= 11 is 0. The van der Waals surface area contributed by atoms with Gasteiger partial charge in [0.25, 0.3) is 0 Å². The summed E-state index contributed by atoms with van der Waals surface area (Å²) in [7, 11) is -2.37. The van der Waals surface area contributed by atoms with Crippen molar-refractivity contribution in [2.24, 2.45) is 0 Å². The van der Waals surface area contributed by atoms with Crippen LogP contribution in [0.25, 0.3) is 0 Å². The fraction of sp³-hybridized carbons (Fsp3) is 1.00. The highest BCUT2D eigenvalue weighted by Crippen LogP contribution is 2.40. The molecule has 0 atom stereocenters. The molecule has 0 spiro atoms. The molecule has 0 saturated heterocycles. The number of hydrogen-bond donors (Lipinski definition) is 0. The van der Waals surface area contributed by atoms with E-state index in [1.165, 1.54) is 25.7 Å². The Morgan fingerprint density at radius 2 is 1.20 bits per heavy atom. The van der Waals surface area contributed by atoms with E-state index in [1.54, 1.807) is 0 Å². The molecule has 0 fully saturated rings. The molecule has 0 aliphatic carbocycles. The summed E-state index contributed by atoms with van der Waals surface area (Å²) in [6.07, 6.45) is 4.87. The van der Waals surface area contributed by atoms with Gasteiger partial charge in [-0.25, -0.2) is 0 Å². The summed E-state index contributed by atoms with van der Waals surface area (Å²) in [5.74, 6) is 0. The van der Waals surface area contributed by atoms with E-state index in [0.29, 0.717) is 0 Å². The van der Waals surface area contributed by atoms with Crippen LogP contribution in [-0.2, 0) is 8.85 Å². The van der Waals surface area contributed by atoms with Crippen molar-refractivity contribution in [3.8, 4) is 0 Å². The van der Waals surface area contributed by atoms with Gasteiger partial charge in [0.1, 0.15) is 0 Å². The van der Waals surface area contributed by atoms with Crippen molar-refractivity contribution in [3.63, 3.8) is 0 Å². The molecule has 0 aliphatic rings. The fourth-order valence-corrected chi connectivity index (χ4v) is 6.58. The molecule has 0 radical (unpaired) electrons. The van der Waals surface area contributed by atoms with Crippen molar-refractivity contribution in [1.29, 1.82) is 0 Å². The lowest BCUT2D eigenvalue weighted by Crippen LogP contribution is -2.64. The maximum atomic E-state index is 6.33. The summed E-state index contributed by atoms with van der Waals surface area (Å²) < 4.78 is 15.2. The van der Waals surface area contributed by atoms with E-state index in [9.17, 15) is 0 Å². The van der Waals surface area contributed by atoms with Crippen LogP contribution in [0.1, 0.15) is 74.1 Å². The Hall–Kier alpha value is 0.0969. The molecule has 0 heterocycles. The van der Waals surface area contributed by atoms with Crippen LogP contribution in [0.4, 0.5) is 0 Å². The molecular weight excluding hydrogens is 266 g/mol. The molecule has 20 heavy (non-hydrogen) atoms. The van der Waals surface area contributed by atoms with Crippen molar-refractivity contribution in [2.75, 3.05) is 26.3 Å². The third-order valence-electron chi connectivity index (χ3n) is 3.61. The zero-order valence-corrected chi connectivity index (χ0v) is 15.9. The van der Waals surface area contributed by atoms with Gasteiger partial charge in [-0.15, -0.1) is 0 Å². The molecular formula is C16H37NO2Si. The lowest BCUT2D eigenvalue weighted by molar-refractivity contribution is 0.0965. The Morgan fingerprint density at radius 1 is 0.800 bits per heavy atom. The lowest BCUT2D eigenvalue weighted by atomic mass is 10.2. The first-order valence-corrected chi connectivity index (χ1v) is 10.2. The third kappa shape index (κ3) is 5.47. The summed E-state index contributed by atoms with van der Waals surface area (Å²) in [4.78, 5) is 0. The number of rotatable bonds is 11. The molecule has 0 N–H and O–H groups in total. The normalized spacial score (nSPS) is 13.2. The van der Waals surface area contributed by atoms with E-state index in [1.807, 2.05) is 0 Å². The number of hydrogen-bond acceptors (Lipinski definition) is 3. The first-order valence-electron chi connectivity index (χ1n) is 8.42. The molecule has 0 bridgehead atoms. The van der Waals surface area contributed by atoms with Crippen molar-refractivity contribution in [3.05, 3.63) is 0 Å². The Labute approximate surface area is 128 Å². The minimum atomic E-state index is -2.37. The first-order chi connectivity index (χ1) is 9.39. The second kappa shape index (κ2) is 9.93. The van der Waals surface area contributed by atoms with Gasteiger partial charge in [0, 0.05) is 18.3 Å². The fourth-order valence-electron chi connectivity index (χ4n) is 2.63. The van der Waals surface area contributed by atoms with Crippen LogP contribution in [0, 0.1) is 0 Å². The summed E-state index contributed by atoms with van der Waals surface area (Å²) in [5, 5.41) is 0.0561. The molecule has 4 heteroatoms. The molecule has 0 aromatic rings. The van der Waals surface area contributed by atoms with Crippen LogP contribution in [0.2, 0.25) is 5.04 Å². The van der Waals surface area contributed by atoms with Crippen LogP contribution in [0.15, 0.2) is 0 Å². The van der Waals surface area contributed by atoms with Crippen LogP contribution in [0.5, 0.6) is 0 Å². The monoisotopic (exact) mass is 303 g/mol. The van der Waals surface area contributed by atoms with Gasteiger partial charge >= 0.3 is 8.72 Å². The predicted molar refractivity (Wildman–Crippen MR) is 90.1 cm³/mol. The predicted octanol–water partition coefficient (Wildman–Crippen LogP) is 4.70. The Bertz CT molecular complexity index is 227. The second-order valence-electron chi connectivity index (χ2n) is 6.39. The average Bonchev–Trinajstić information content (AvgIpc) is 2.37. The molecule has 0 unspecified atom stereocenters. The topological polar surface area (TPSA) is 21.7 Å². The lowest BCUT2D eigenvalue weighted by Gasteiger charge is -2.47. The van der Waals surface area contributed by atoms with Crippen molar-refractivity contribution in [2.45, 2.75) is 79.2 Å². The van der Waals surface area contributed by atoms with Gasteiger partial charge < -0.3 is 8.85 Å². The standard InChI is InChI=1S/C16H37NO2Si/c1-8-12-14-17(15-13-9-2)20(18-10-3,19-11-4)16(5,6)7/h8-15H2,1-7H3. The van der Waals surface area contributed by atoms with Crippen LogP contribution in [-0.4, -0.2) is 39.6 Å².